The van der Waals surface area contributed by atoms with E-state index in [0.717, 1.165) is 30.4 Å². The van der Waals surface area contributed by atoms with Crippen molar-refractivity contribution in [2.24, 2.45) is 0 Å². The van der Waals surface area contributed by atoms with Gasteiger partial charge in [0, 0.05) is 0 Å². The average Bonchev–Trinajstić information content (AvgIpc) is 3.03. The van der Waals surface area contributed by atoms with E-state index in [9.17, 15) is 9.18 Å². The number of rotatable bonds is 9. The molecule has 0 N–H and O–H groups in total. The van der Waals surface area contributed by atoms with Crippen molar-refractivity contribution in [1.29, 1.82) is 0 Å². The number of likely N-dealkylation sites (tertiary alicyclic amines) is 1. The Morgan fingerprint density at radius 2 is 2.27 bits per heavy atom. The minimum atomic E-state index is -0.584. The number of allylic oxidation sites excluding steroid dienone is 3. The van der Waals surface area contributed by atoms with Gasteiger partial charge in [0.05, 0.1) is 24.8 Å². The second-order valence-electron chi connectivity index (χ2n) is 6.38. The summed E-state index contributed by atoms with van der Waals surface area (Å²) >= 11 is 0. The lowest BCUT2D eigenvalue weighted by Crippen LogP contribution is -2.46. The molecule has 1 aromatic carbocycles. The number of ether oxygens (including phenoxy) is 1. The van der Waals surface area contributed by atoms with Crippen molar-refractivity contribution in [3.63, 3.8) is 0 Å². The second kappa shape index (κ2) is 9.30. The Morgan fingerprint density at radius 1 is 1.46 bits per heavy atom. The van der Waals surface area contributed by atoms with E-state index in [1.165, 1.54) is 12.1 Å². The van der Waals surface area contributed by atoms with E-state index >= 15 is 0 Å². The third-order valence-electron chi connectivity index (χ3n) is 4.87. The standard InChI is InChI=1S/C22H26FNO2/c1-4-7-9-18(5-2)15-26-16-22(6-3)13-12-21(24(22)17-25)19-10-8-11-20(23)14-19/h4-11,14,17,21H,1,3,12-13,15-16H2,2H3/b9-7-,18-5+/t21?,22-/m0/s1. The van der Waals surface area contributed by atoms with Gasteiger partial charge in [-0.1, -0.05) is 49.1 Å². The number of nitrogens with zero attached hydrogens (tertiary/aromatic N) is 1. The van der Waals surface area contributed by atoms with Crippen molar-refractivity contribution >= 4 is 6.41 Å². The van der Waals surface area contributed by atoms with Crippen molar-refractivity contribution in [3.05, 3.63) is 84.8 Å². The van der Waals surface area contributed by atoms with Crippen LogP contribution in [0.25, 0.3) is 0 Å². The van der Waals surface area contributed by atoms with Crippen molar-refractivity contribution < 1.29 is 13.9 Å². The molecular formula is C22H26FNO2. The molecule has 26 heavy (non-hydrogen) atoms. The molecule has 0 aliphatic carbocycles. The Balaban J connectivity index is 2.12. The van der Waals surface area contributed by atoms with Crippen LogP contribution in [0.1, 0.15) is 31.4 Å². The minimum Gasteiger partial charge on any atom is -0.374 e. The molecule has 0 saturated carbocycles. The van der Waals surface area contributed by atoms with Crippen molar-refractivity contribution in [1.82, 2.24) is 4.90 Å². The van der Waals surface area contributed by atoms with E-state index in [1.807, 2.05) is 31.2 Å². The first kappa shape index (κ1) is 19.9. The third kappa shape index (κ3) is 4.38. The molecule has 2 rings (SSSR count). The van der Waals surface area contributed by atoms with E-state index in [2.05, 4.69) is 13.2 Å². The smallest absolute Gasteiger partial charge is 0.211 e. The number of halogens is 1. The third-order valence-corrected chi connectivity index (χ3v) is 4.87. The zero-order valence-electron chi connectivity index (χ0n) is 15.2. The molecule has 1 unspecified atom stereocenters. The highest BCUT2D eigenvalue weighted by molar-refractivity contribution is 5.53. The summed E-state index contributed by atoms with van der Waals surface area (Å²) in [6, 6.07) is 6.24. The maximum atomic E-state index is 13.6. The molecule has 1 aliphatic rings. The fourth-order valence-electron chi connectivity index (χ4n) is 3.36. The summed E-state index contributed by atoms with van der Waals surface area (Å²) in [7, 11) is 0. The molecular weight excluding hydrogens is 329 g/mol. The maximum absolute atomic E-state index is 13.6. The molecule has 1 saturated heterocycles. The Bertz CT molecular complexity index is 710. The van der Waals surface area contributed by atoms with Gasteiger partial charge in [-0.3, -0.25) is 4.79 Å². The molecule has 4 heteroatoms. The molecule has 1 heterocycles. The Morgan fingerprint density at radius 3 is 2.88 bits per heavy atom. The zero-order chi connectivity index (χ0) is 19.0. The first-order valence-corrected chi connectivity index (χ1v) is 8.75. The summed E-state index contributed by atoms with van der Waals surface area (Å²) in [4.78, 5) is 13.6. The van der Waals surface area contributed by atoms with Crippen LogP contribution in [-0.2, 0) is 9.53 Å². The van der Waals surface area contributed by atoms with Gasteiger partial charge in [0.15, 0.2) is 0 Å². The van der Waals surface area contributed by atoms with E-state index in [4.69, 9.17) is 4.74 Å². The van der Waals surface area contributed by atoms with Crippen LogP contribution in [0.3, 0.4) is 0 Å². The largest absolute Gasteiger partial charge is 0.374 e. The first-order valence-electron chi connectivity index (χ1n) is 8.75. The zero-order valence-corrected chi connectivity index (χ0v) is 15.2. The summed E-state index contributed by atoms with van der Waals surface area (Å²) in [6.07, 6.45) is 11.5. The first-order chi connectivity index (χ1) is 12.6. The fraction of sp³-hybridized carbons (Fsp3) is 0.318. The van der Waals surface area contributed by atoms with Gasteiger partial charge in [0.25, 0.3) is 0 Å². The SMILES string of the molecule is C=C/C=C\C(=C/C)COC[C@]1(C=C)CCC(c2cccc(F)c2)N1C=O. The van der Waals surface area contributed by atoms with Crippen LogP contribution < -0.4 is 0 Å². The molecule has 0 radical (unpaired) electrons. The van der Waals surface area contributed by atoms with E-state index in [0.29, 0.717) is 13.2 Å². The number of hydrogen-bond acceptors (Lipinski definition) is 2. The highest BCUT2D eigenvalue weighted by Crippen LogP contribution is 2.42. The van der Waals surface area contributed by atoms with Crippen molar-refractivity contribution in [2.75, 3.05) is 13.2 Å². The average molecular weight is 355 g/mol. The minimum absolute atomic E-state index is 0.174. The number of carbonyl (C=O) groups is 1. The molecule has 2 atom stereocenters. The van der Waals surface area contributed by atoms with Crippen LogP contribution in [-0.4, -0.2) is 30.1 Å². The lowest BCUT2D eigenvalue weighted by molar-refractivity contribution is -0.124. The molecule has 1 aromatic rings. The highest BCUT2D eigenvalue weighted by Gasteiger charge is 2.44. The monoisotopic (exact) mass is 355 g/mol. The van der Waals surface area contributed by atoms with Gasteiger partial charge in [-0.25, -0.2) is 4.39 Å². The topological polar surface area (TPSA) is 29.5 Å². The molecule has 0 spiro atoms. The molecule has 1 amide bonds. The summed E-state index contributed by atoms with van der Waals surface area (Å²) in [5.74, 6) is -0.299. The molecule has 1 aliphatic heterocycles. The predicted molar refractivity (Wildman–Crippen MR) is 103 cm³/mol. The van der Waals surface area contributed by atoms with Gasteiger partial charge in [-0.2, -0.15) is 0 Å². The molecule has 1 fully saturated rings. The van der Waals surface area contributed by atoms with Gasteiger partial charge in [0.1, 0.15) is 5.82 Å². The second-order valence-corrected chi connectivity index (χ2v) is 6.38. The summed E-state index contributed by atoms with van der Waals surface area (Å²) in [6.45, 7) is 10.3. The van der Waals surface area contributed by atoms with Gasteiger partial charge < -0.3 is 9.64 Å². The molecule has 0 bridgehead atoms. The summed E-state index contributed by atoms with van der Waals surface area (Å²) in [5, 5.41) is 0. The predicted octanol–water partition coefficient (Wildman–Crippen LogP) is 4.75. The number of hydrogen-bond donors (Lipinski definition) is 0. The van der Waals surface area contributed by atoms with Gasteiger partial charge >= 0.3 is 0 Å². The normalized spacial score (nSPS) is 23.4. The van der Waals surface area contributed by atoms with Crippen LogP contribution in [0.15, 0.2) is 73.4 Å². The quantitative estimate of drug-likeness (QED) is 0.363. The van der Waals surface area contributed by atoms with Crippen molar-refractivity contribution in [2.45, 2.75) is 31.3 Å². The van der Waals surface area contributed by atoms with Crippen LogP contribution >= 0.6 is 0 Å². The van der Waals surface area contributed by atoms with Crippen LogP contribution in [0, 0.1) is 5.82 Å². The van der Waals surface area contributed by atoms with Crippen LogP contribution in [0.5, 0.6) is 0 Å². The Hall–Kier alpha value is -2.46. The fourth-order valence-corrected chi connectivity index (χ4v) is 3.36. The highest BCUT2D eigenvalue weighted by atomic mass is 19.1. The van der Waals surface area contributed by atoms with Gasteiger partial charge in [-0.05, 0) is 43.0 Å². The van der Waals surface area contributed by atoms with E-state index in [-0.39, 0.29) is 11.9 Å². The lowest BCUT2D eigenvalue weighted by atomic mass is 9.98. The van der Waals surface area contributed by atoms with E-state index < -0.39 is 5.54 Å². The number of amides is 1. The molecule has 138 valence electrons. The van der Waals surface area contributed by atoms with E-state index in [1.54, 1.807) is 23.1 Å². The van der Waals surface area contributed by atoms with Crippen molar-refractivity contribution in [3.8, 4) is 0 Å². The molecule has 3 nitrogen and oxygen atoms in total. The Kier molecular flexibility index (Phi) is 7.10. The number of carbonyl (C=O) groups excluding carboxylic acids is 1. The van der Waals surface area contributed by atoms with Gasteiger partial charge in [0.2, 0.25) is 6.41 Å². The molecule has 0 aromatic heterocycles. The Labute approximate surface area is 155 Å². The van der Waals surface area contributed by atoms with Crippen LogP contribution in [0.4, 0.5) is 4.39 Å². The lowest BCUT2D eigenvalue weighted by Gasteiger charge is -2.36. The summed E-state index contributed by atoms with van der Waals surface area (Å²) < 4.78 is 19.5. The van der Waals surface area contributed by atoms with Crippen LogP contribution in [0.2, 0.25) is 0 Å². The van der Waals surface area contributed by atoms with Gasteiger partial charge in [-0.15, -0.1) is 6.58 Å². The summed E-state index contributed by atoms with van der Waals surface area (Å²) in [5.41, 5.74) is 1.24. The maximum Gasteiger partial charge on any atom is 0.211 e. The number of benzene rings is 1.